The van der Waals surface area contributed by atoms with Crippen LogP contribution >= 0.6 is 11.8 Å². The number of hydrogen-bond acceptors (Lipinski definition) is 4. The van der Waals surface area contributed by atoms with E-state index >= 15 is 0 Å². The summed E-state index contributed by atoms with van der Waals surface area (Å²) in [6.45, 7) is 0. The van der Waals surface area contributed by atoms with Crippen LogP contribution in [0.25, 0.3) is 11.1 Å². The van der Waals surface area contributed by atoms with Gasteiger partial charge in [-0.25, -0.2) is 9.37 Å². The summed E-state index contributed by atoms with van der Waals surface area (Å²) in [5, 5.41) is 0.558. The number of aromatic nitrogens is 1. The Morgan fingerprint density at radius 2 is 1.90 bits per heavy atom. The molecule has 0 atom stereocenters. The molecule has 0 radical (unpaired) electrons. The van der Waals surface area contributed by atoms with Crippen LogP contribution in [-0.4, -0.2) is 16.5 Å². The highest BCUT2D eigenvalue weighted by Gasteiger charge is 2.09. The third-order valence-corrected chi connectivity index (χ3v) is 3.82. The fourth-order valence-corrected chi connectivity index (χ4v) is 2.70. The summed E-state index contributed by atoms with van der Waals surface area (Å²) in [5.74, 6) is 0.217. The topological polar surface area (TPSA) is 43.1 Å². The molecule has 0 spiro atoms. The number of benzene rings is 2. The van der Waals surface area contributed by atoms with Crippen molar-refractivity contribution in [3.05, 3.63) is 59.9 Å². The van der Waals surface area contributed by atoms with Gasteiger partial charge in [0.2, 0.25) is 0 Å². The summed E-state index contributed by atoms with van der Waals surface area (Å²) in [4.78, 5) is 16.3. The maximum atomic E-state index is 12.8. The molecule has 0 aliphatic rings. The first-order valence-corrected chi connectivity index (χ1v) is 7.48. The average molecular weight is 301 g/mol. The summed E-state index contributed by atoms with van der Waals surface area (Å²) >= 11 is 1.40. The predicted octanol–water partition coefficient (Wildman–Crippen LogP) is 4.33. The van der Waals surface area contributed by atoms with Crippen molar-refractivity contribution in [3.63, 3.8) is 0 Å². The molecule has 106 valence electrons. The van der Waals surface area contributed by atoms with E-state index < -0.39 is 0 Å². The molecule has 1 heterocycles. The number of carbonyl (C=O) groups excluding carboxylic acids is 1. The second-order valence-electron chi connectivity index (χ2n) is 4.48. The maximum absolute atomic E-state index is 12.8. The van der Waals surface area contributed by atoms with Gasteiger partial charge < -0.3 is 4.42 Å². The molecular formula is C16H12FNO2S. The number of ketones is 1. The normalized spacial score (nSPS) is 10.9. The summed E-state index contributed by atoms with van der Waals surface area (Å²) < 4.78 is 18.4. The van der Waals surface area contributed by atoms with Gasteiger partial charge in [-0.3, -0.25) is 4.79 Å². The SMILES string of the molecule is O=C(CCSc1nc2ccccc2o1)c1ccc(F)cc1. The molecule has 0 unspecified atom stereocenters. The van der Waals surface area contributed by atoms with E-state index in [4.69, 9.17) is 4.42 Å². The van der Waals surface area contributed by atoms with Crippen molar-refractivity contribution in [1.29, 1.82) is 0 Å². The quantitative estimate of drug-likeness (QED) is 0.519. The lowest BCUT2D eigenvalue weighted by atomic mass is 10.1. The number of halogens is 1. The molecule has 0 aliphatic heterocycles. The van der Waals surface area contributed by atoms with Crippen LogP contribution in [-0.2, 0) is 0 Å². The van der Waals surface area contributed by atoms with Crippen LogP contribution in [0.2, 0.25) is 0 Å². The van der Waals surface area contributed by atoms with Gasteiger partial charge in [0.15, 0.2) is 11.4 Å². The molecule has 21 heavy (non-hydrogen) atoms. The number of thioether (sulfide) groups is 1. The van der Waals surface area contributed by atoms with Crippen molar-refractivity contribution >= 4 is 28.6 Å². The van der Waals surface area contributed by atoms with Crippen molar-refractivity contribution in [1.82, 2.24) is 4.98 Å². The Kier molecular flexibility index (Phi) is 4.01. The Morgan fingerprint density at radius 1 is 1.14 bits per heavy atom. The standard InChI is InChI=1S/C16H12FNO2S/c17-12-7-5-11(6-8-12)14(19)9-10-21-16-18-13-3-1-2-4-15(13)20-16/h1-8H,9-10H2. The molecule has 3 rings (SSSR count). The van der Waals surface area contributed by atoms with Gasteiger partial charge in [-0.15, -0.1) is 0 Å². The highest BCUT2D eigenvalue weighted by Crippen LogP contribution is 2.24. The van der Waals surface area contributed by atoms with Gasteiger partial charge in [0, 0.05) is 17.7 Å². The number of nitrogens with zero attached hydrogens (tertiary/aromatic N) is 1. The van der Waals surface area contributed by atoms with E-state index in [9.17, 15) is 9.18 Å². The molecule has 0 saturated heterocycles. The summed E-state index contributed by atoms with van der Waals surface area (Å²) in [6.07, 6.45) is 0.356. The van der Waals surface area contributed by atoms with Gasteiger partial charge in [0.1, 0.15) is 11.3 Å². The van der Waals surface area contributed by atoms with E-state index in [2.05, 4.69) is 4.98 Å². The van der Waals surface area contributed by atoms with Crippen molar-refractivity contribution in [2.45, 2.75) is 11.6 Å². The highest BCUT2D eigenvalue weighted by molar-refractivity contribution is 7.99. The van der Waals surface area contributed by atoms with Crippen LogP contribution in [0, 0.1) is 5.82 Å². The third-order valence-electron chi connectivity index (χ3n) is 3.00. The van der Waals surface area contributed by atoms with E-state index in [1.54, 1.807) is 0 Å². The fraction of sp³-hybridized carbons (Fsp3) is 0.125. The van der Waals surface area contributed by atoms with E-state index in [-0.39, 0.29) is 11.6 Å². The molecule has 0 N–H and O–H groups in total. The number of fused-ring (bicyclic) bond motifs is 1. The van der Waals surface area contributed by atoms with Crippen LogP contribution in [0.1, 0.15) is 16.8 Å². The van der Waals surface area contributed by atoms with Gasteiger partial charge >= 0.3 is 0 Å². The monoisotopic (exact) mass is 301 g/mol. The van der Waals surface area contributed by atoms with Gasteiger partial charge in [-0.1, -0.05) is 23.9 Å². The minimum absolute atomic E-state index is 0.0152. The largest absolute Gasteiger partial charge is 0.431 e. The van der Waals surface area contributed by atoms with E-state index in [0.29, 0.717) is 23.0 Å². The lowest BCUT2D eigenvalue weighted by Gasteiger charge is -1.99. The highest BCUT2D eigenvalue weighted by atomic mass is 32.2. The van der Waals surface area contributed by atoms with Crippen LogP contribution in [0.3, 0.4) is 0 Å². The number of Topliss-reactive ketones (excluding diaryl/α,β-unsaturated/α-hetero) is 1. The number of rotatable bonds is 5. The predicted molar refractivity (Wildman–Crippen MR) is 80.1 cm³/mol. The molecular weight excluding hydrogens is 289 g/mol. The second kappa shape index (κ2) is 6.10. The number of oxazole rings is 1. The van der Waals surface area contributed by atoms with Crippen molar-refractivity contribution in [2.75, 3.05) is 5.75 Å². The zero-order chi connectivity index (χ0) is 14.7. The summed E-state index contributed by atoms with van der Waals surface area (Å²) in [6, 6.07) is 13.1. The first-order valence-electron chi connectivity index (χ1n) is 6.49. The average Bonchev–Trinajstić information content (AvgIpc) is 2.90. The van der Waals surface area contributed by atoms with Gasteiger partial charge in [0.05, 0.1) is 0 Å². The molecule has 0 saturated carbocycles. The zero-order valence-electron chi connectivity index (χ0n) is 11.1. The number of carbonyl (C=O) groups is 1. The second-order valence-corrected chi connectivity index (χ2v) is 5.52. The molecule has 3 aromatic rings. The van der Waals surface area contributed by atoms with Crippen LogP contribution in [0.5, 0.6) is 0 Å². The van der Waals surface area contributed by atoms with Crippen molar-refractivity contribution in [3.8, 4) is 0 Å². The Balaban J connectivity index is 1.58. The molecule has 0 bridgehead atoms. The summed E-state index contributed by atoms with van der Waals surface area (Å²) in [5.41, 5.74) is 2.07. The Labute approximate surface area is 125 Å². The molecule has 3 nitrogen and oxygen atoms in total. The molecule has 1 aromatic heterocycles. The minimum atomic E-state index is -0.340. The van der Waals surface area contributed by atoms with E-state index in [1.165, 1.54) is 36.0 Å². The Morgan fingerprint density at radius 3 is 2.67 bits per heavy atom. The molecule has 5 heteroatoms. The lowest BCUT2D eigenvalue weighted by Crippen LogP contribution is -2.00. The fourth-order valence-electron chi connectivity index (χ4n) is 1.92. The smallest absolute Gasteiger partial charge is 0.256 e. The number of hydrogen-bond donors (Lipinski definition) is 0. The first-order chi connectivity index (χ1) is 10.2. The van der Waals surface area contributed by atoms with Crippen molar-refractivity contribution < 1.29 is 13.6 Å². The molecule has 0 amide bonds. The maximum Gasteiger partial charge on any atom is 0.256 e. The van der Waals surface area contributed by atoms with E-state index in [1.807, 2.05) is 24.3 Å². The third kappa shape index (κ3) is 3.31. The Hall–Kier alpha value is -2.14. The van der Waals surface area contributed by atoms with Crippen LogP contribution in [0.4, 0.5) is 4.39 Å². The van der Waals surface area contributed by atoms with E-state index in [0.717, 1.165) is 11.1 Å². The molecule has 0 aliphatic carbocycles. The lowest BCUT2D eigenvalue weighted by molar-refractivity contribution is 0.0989. The van der Waals surface area contributed by atoms with Crippen LogP contribution in [0.15, 0.2) is 58.2 Å². The molecule has 2 aromatic carbocycles. The first kappa shape index (κ1) is 13.8. The van der Waals surface area contributed by atoms with Crippen molar-refractivity contribution in [2.24, 2.45) is 0 Å². The van der Waals surface area contributed by atoms with Gasteiger partial charge in [0.25, 0.3) is 5.22 Å². The van der Waals surface area contributed by atoms with Crippen LogP contribution < -0.4 is 0 Å². The number of para-hydroxylation sites is 2. The van der Waals surface area contributed by atoms with Gasteiger partial charge in [-0.2, -0.15) is 0 Å². The summed E-state index contributed by atoms with van der Waals surface area (Å²) in [7, 11) is 0. The Bertz CT molecular complexity index is 734. The minimum Gasteiger partial charge on any atom is -0.431 e. The zero-order valence-corrected chi connectivity index (χ0v) is 11.9. The molecule has 0 fully saturated rings. The van der Waals surface area contributed by atoms with Gasteiger partial charge in [-0.05, 0) is 36.4 Å².